The molecule has 6 nitrogen and oxygen atoms in total. The zero-order valence-corrected chi connectivity index (χ0v) is 57.5. The van der Waals surface area contributed by atoms with Crippen LogP contribution in [0.5, 0.6) is 0 Å². The number of rotatable bonds is 57. The third-order valence-electron chi connectivity index (χ3n) is 14.5. The van der Waals surface area contributed by atoms with Crippen molar-refractivity contribution in [2.75, 3.05) is 6.61 Å². The molecule has 0 amide bonds. The van der Waals surface area contributed by atoms with E-state index in [1.54, 1.807) is 21.7 Å². The Morgan fingerprint density at radius 1 is 0.270 bits per heavy atom. The van der Waals surface area contributed by atoms with Crippen molar-refractivity contribution in [3.8, 4) is 0 Å². The smallest absolute Gasteiger partial charge is 0.305 e. The summed E-state index contributed by atoms with van der Waals surface area (Å²) in [6.07, 6.45) is 61.6. The minimum Gasteiger partial charge on any atom is -0.466 e. The molecule has 0 spiro atoms. The molecule has 0 heterocycles. The van der Waals surface area contributed by atoms with Crippen LogP contribution in [0.15, 0.2) is 0 Å². The van der Waals surface area contributed by atoms with Crippen LogP contribution >= 0.6 is 0 Å². The van der Waals surface area contributed by atoms with Crippen LogP contribution in [-0.2, 0) is 25.3 Å². The molecule has 0 unspecified atom stereocenters. The second-order valence-electron chi connectivity index (χ2n) is 22.4. The van der Waals surface area contributed by atoms with Crippen LogP contribution in [0.25, 0.3) is 0 Å². The van der Waals surface area contributed by atoms with Crippen molar-refractivity contribution in [3.05, 3.63) is 0 Å². The summed E-state index contributed by atoms with van der Waals surface area (Å²) in [6, 6.07) is 0. The van der Waals surface area contributed by atoms with Gasteiger partial charge in [-0.2, -0.15) is 0 Å². The number of ether oxygens (including phenoxy) is 1. The van der Waals surface area contributed by atoms with Crippen LogP contribution in [0.3, 0.4) is 0 Å². The molecule has 8 heteroatoms. The maximum absolute atomic E-state index is 13.3. The zero-order valence-electron chi connectivity index (χ0n) is 51.8. The van der Waals surface area contributed by atoms with E-state index < -0.39 is 19.2 Å². The molecule has 0 aliphatic carbocycles. The van der Waals surface area contributed by atoms with Crippen molar-refractivity contribution >= 4 is 58.3 Å². The van der Waals surface area contributed by atoms with E-state index >= 15 is 0 Å². The third-order valence-corrected chi connectivity index (χ3v) is 28.3. The van der Waals surface area contributed by atoms with E-state index in [9.17, 15) is 14.4 Å². The Hall–Kier alpha value is 0.00740. The molecule has 0 aromatic rings. The van der Waals surface area contributed by atoms with Crippen molar-refractivity contribution in [1.29, 1.82) is 0 Å². The van der Waals surface area contributed by atoms with Crippen molar-refractivity contribution in [2.45, 2.75) is 394 Å². The van der Waals surface area contributed by atoms with Gasteiger partial charge in [0.25, 0.3) is 0 Å². The van der Waals surface area contributed by atoms with Crippen molar-refractivity contribution in [2.24, 2.45) is 0 Å². The summed E-state index contributed by atoms with van der Waals surface area (Å²) in [5, 5.41) is 0. The first-order chi connectivity index (χ1) is 36.3. The fourth-order valence-corrected chi connectivity index (χ4v) is 22.6. The Labute approximate surface area is 480 Å². The van der Waals surface area contributed by atoms with Crippen molar-refractivity contribution in [3.63, 3.8) is 0 Å². The van der Waals surface area contributed by atoms with Gasteiger partial charge in [0.1, 0.15) is 0 Å². The number of hydrogen-bond donors (Lipinski definition) is 0. The number of carbonyl (C=O) groups is 3. The second-order valence-corrected chi connectivity index (χ2v) is 35.9. The molecule has 74 heavy (non-hydrogen) atoms. The summed E-state index contributed by atoms with van der Waals surface area (Å²) in [4.78, 5) is 37.4. The van der Waals surface area contributed by atoms with Gasteiger partial charge in [0.15, 0.2) is 0 Å². The van der Waals surface area contributed by atoms with Crippen LogP contribution in [0, 0.1) is 0 Å². The molecule has 0 aliphatic heterocycles. The van der Waals surface area contributed by atoms with E-state index in [1.165, 1.54) is 225 Å². The van der Waals surface area contributed by atoms with Crippen LogP contribution < -0.4 is 0 Å². The Bertz CT molecular complexity index is 1020. The van der Waals surface area contributed by atoms with Gasteiger partial charge in [0.05, 0.1) is 6.61 Å². The van der Waals surface area contributed by atoms with E-state index in [-0.39, 0.29) is 39.1 Å². The second kappa shape index (κ2) is 69.1. The van der Waals surface area contributed by atoms with Gasteiger partial charge in [-0.3, -0.25) is 4.79 Å². The van der Waals surface area contributed by atoms with E-state index in [0.29, 0.717) is 25.9 Å². The predicted octanol–water partition coefficient (Wildman–Crippen LogP) is 23.2. The minimum absolute atomic E-state index is 0.0472. The van der Waals surface area contributed by atoms with Crippen molar-refractivity contribution in [1.82, 2.24) is 0 Å². The fourth-order valence-electron chi connectivity index (χ4n) is 9.55. The summed E-state index contributed by atoms with van der Waals surface area (Å²) < 4.78 is 22.9. The zero-order chi connectivity index (χ0) is 55.0. The average Bonchev–Trinajstić information content (AvgIpc) is 3.39. The first-order valence-electron chi connectivity index (χ1n) is 33.6. The molecular weight excluding hydrogens is 1130 g/mol. The van der Waals surface area contributed by atoms with Gasteiger partial charge in [-0.25, -0.2) is 0 Å². The van der Waals surface area contributed by atoms with Crippen LogP contribution in [-0.4, -0.2) is 64.9 Å². The fraction of sp³-hybridized carbons (Fsp3) is 0.955. The van der Waals surface area contributed by atoms with Gasteiger partial charge in [0.2, 0.25) is 0 Å². The first kappa shape index (κ1) is 78.2. The molecule has 442 valence electrons. The summed E-state index contributed by atoms with van der Waals surface area (Å²) >= 11 is -3.83. The number of unbranched alkanes of at least 4 members (excludes halogenated alkanes) is 39. The number of hydrogen-bond acceptors (Lipinski definition) is 6. The Balaban J connectivity index is -0.00000140. The molecular formula is C66H134O6Sn2. The largest absolute Gasteiger partial charge is 0.466 e. The average molecular weight is 1260 g/mol. The minimum atomic E-state index is -3.90. The summed E-state index contributed by atoms with van der Waals surface area (Å²) in [5.74, 6) is -0.211. The first-order valence-corrected chi connectivity index (χ1v) is 44.0. The van der Waals surface area contributed by atoms with E-state index in [0.717, 1.165) is 73.1 Å². The van der Waals surface area contributed by atoms with E-state index in [4.69, 9.17) is 10.9 Å². The quantitative estimate of drug-likeness (QED) is 0.0343. The molecule has 2 radical (unpaired) electrons. The van der Waals surface area contributed by atoms with Gasteiger partial charge in [-0.1, -0.05) is 47.0 Å². The van der Waals surface area contributed by atoms with Gasteiger partial charge >= 0.3 is 402 Å². The third kappa shape index (κ3) is 66.3. The molecule has 0 saturated heterocycles. The topological polar surface area (TPSA) is 78.9 Å². The van der Waals surface area contributed by atoms with Crippen LogP contribution in [0.1, 0.15) is 376 Å². The molecule has 0 fully saturated rings. The van der Waals surface area contributed by atoms with Crippen LogP contribution in [0.2, 0.25) is 17.7 Å². The Morgan fingerprint density at radius 3 is 0.824 bits per heavy atom. The van der Waals surface area contributed by atoms with Gasteiger partial charge in [-0.05, 0) is 12.8 Å². The standard InChI is InChI=1S/2C12H24O2.C10H20O2.4C8H17.2Sn/c2*1-2-3-4-5-6-7-8-9-10-11-12(13)14;1-3-5-6-7-9-12-10(11)8-4-2;4*1-3-5-7-8-6-4-2;;/h2*2-11H2,1H3,(H,13,14);3-9H2,1-2H3;4*1,3-8H2,2H3;;/q;;;;;;;;+2/p-2. The van der Waals surface area contributed by atoms with Gasteiger partial charge < -0.3 is 4.74 Å². The van der Waals surface area contributed by atoms with Gasteiger partial charge in [-0.15, -0.1) is 0 Å². The normalized spacial score (nSPS) is 11.2. The van der Waals surface area contributed by atoms with Crippen LogP contribution in [0.4, 0.5) is 0 Å². The predicted molar refractivity (Wildman–Crippen MR) is 330 cm³/mol. The Morgan fingerprint density at radius 2 is 0.527 bits per heavy atom. The van der Waals surface area contributed by atoms with E-state index in [1.807, 2.05) is 6.92 Å². The Kier molecular flexibility index (Phi) is 73.1. The molecule has 0 rings (SSSR count). The molecule has 0 saturated carbocycles. The van der Waals surface area contributed by atoms with Crippen molar-refractivity contribution < 1.29 is 25.3 Å². The molecule has 0 aromatic heterocycles. The SMILES string of the molecule is CCCCCCCCCCCC(=O)[O][Sn]([CH2]CCCCCCC)([CH2]CCCCCCC)[O]C(=O)CCCCCCCCCCC.CCCCCCC[CH2][Sn][CH2]CCCCCCC.CCCCCCOC(=O)CCC. The van der Waals surface area contributed by atoms with Gasteiger partial charge in [0, 0.05) is 6.42 Å². The molecule has 0 aromatic carbocycles. The summed E-state index contributed by atoms with van der Waals surface area (Å²) in [5.41, 5.74) is 0. The number of carbonyl (C=O) groups excluding carboxylic acids is 3. The molecule has 0 atom stereocenters. The maximum Gasteiger partial charge on any atom is 0.305 e. The molecule has 0 bridgehead atoms. The number of esters is 1. The molecule has 0 aliphatic rings. The van der Waals surface area contributed by atoms with E-state index in [2.05, 4.69) is 48.5 Å². The maximum atomic E-state index is 13.3. The molecule has 0 N–H and O–H groups in total. The summed E-state index contributed by atoms with van der Waals surface area (Å²) in [6.45, 7) is 18.4. The summed E-state index contributed by atoms with van der Waals surface area (Å²) in [7, 11) is 0. The monoisotopic (exact) mass is 1260 g/mol.